The normalized spacial score (nSPS) is 19.1. The minimum atomic E-state index is -0.655. The van der Waals surface area contributed by atoms with Crippen molar-refractivity contribution in [2.75, 3.05) is 13.2 Å². The maximum absolute atomic E-state index is 11.6. The lowest BCUT2D eigenvalue weighted by Crippen LogP contribution is -2.20. The largest absolute Gasteiger partial charge is 0.433 e. The second kappa shape index (κ2) is 5.67. The first-order valence-electron chi connectivity index (χ1n) is 5.20. The van der Waals surface area contributed by atoms with E-state index in [1.165, 1.54) is 18.2 Å². The number of nitrogens with one attached hydrogen (secondary N) is 1. The molecule has 8 nitrogen and oxygen atoms in total. The zero-order chi connectivity index (χ0) is 13.8. The van der Waals surface area contributed by atoms with E-state index in [4.69, 9.17) is 9.52 Å². The molecule has 0 bridgehead atoms. The molecule has 0 saturated carbocycles. The van der Waals surface area contributed by atoms with Crippen LogP contribution in [0.5, 0.6) is 0 Å². The molecule has 1 amide bonds. The number of aliphatic hydroxyl groups is 1. The fourth-order valence-electron chi connectivity index (χ4n) is 1.30. The monoisotopic (exact) mass is 283 g/mol. The Labute approximate surface area is 111 Å². The number of furan rings is 1. The Morgan fingerprint density at radius 3 is 3.00 bits per heavy atom. The molecule has 100 valence electrons. The summed E-state index contributed by atoms with van der Waals surface area (Å²) in [5.74, 6) is -0.530. The standard InChI is InChI=1S/C10H9N3O5S/c14-4-3-11-10-12-9(15)7(19-10)5-6-1-2-8(18-6)13(16)17/h1-2,5,14H,3-4H2,(H,11,12,15)/b7-5-. The van der Waals surface area contributed by atoms with E-state index in [1.54, 1.807) is 0 Å². The average Bonchev–Trinajstić information content (AvgIpc) is 2.95. The topological polar surface area (TPSA) is 118 Å². The zero-order valence-corrected chi connectivity index (χ0v) is 10.3. The quantitative estimate of drug-likeness (QED) is 0.478. The summed E-state index contributed by atoms with van der Waals surface area (Å²) in [6.45, 7) is 0.0888. The van der Waals surface area contributed by atoms with Gasteiger partial charge in [-0.2, -0.15) is 0 Å². The number of amidine groups is 1. The first-order chi connectivity index (χ1) is 9.10. The van der Waals surface area contributed by atoms with E-state index < -0.39 is 4.92 Å². The van der Waals surface area contributed by atoms with Crippen LogP contribution in [0.4, 0.5) is 5.88 Å². The lowest BCUT2D eigenvalue weighted by atomic mass is 10.4. The van der Waals surface area contributed by atoms with Gasteiger partial charge in [0.15, 0.2) is 5.17 Å². The van der Waals surface area contributed by atoms with Crippen LogP contribution >= 0.6 is 11.8 Å². The van der Waals surface area contributed by atoms with Crippen molar-refractivity contribution in [1.29, 1.82) is 0 Å². The zero-order valence-electron chi connectivity index (χ0n) is 9.53. The van der Waals surface area contributed by atoms with E-state index in [0.717, 1.165) is 11.8 Å². The molecule has 1 aromatic heterocycles. The minimum absolute atomic E-state index is 0.108. The van der Waals surface area contributed by atoms with Gasteiger partial charge in [0.25, 0.3) is 5.91 Å². The Hall–Kier alpha value is -2.13. The molecule has 2 heterocycles. The van der Waals surface area contributed by atoms with Crippen LogP contribution in [-0.2, 0) is 4.79 Å². The van der Waals surface area contributed by atoms with Crippen LogP contribution in [-0.4, -0.2) is 34.3 Å². The minimum Gasteiger partial charge on any atom is -0.401 e. The lowest BCUT2D eigenvalue weighted by molar-refractivity contribution is -0.402. The Balaban J connectivity index is 2.15. The third-order valence-electron chi connectivity index (χ3n) is 2.07. The molecule has 0 atom stereocenters. The van der Waals surface area contributed by atoms with Gasteiger partial charge in [-0.25, -0.2) is 0 Å². The van der Waals surface area contributed by atoms with Crippen molar-refractivity contribution in [2.45, 2.75) is 0 Å². The highest BCUT2D eigenvalue weighted by molar-refractivity contribution is 8.18. The number of aliphatic imine (C=N–C) groups is 1. The Bertz CT molecular complexity index is 577. The van der Waals surface area contributed by atoms with Gasteiger partial charge in [0.2, 0.25) is 0 Å². The predicted octanol–water partition coefficient (Wildman–Crippen LogP) is 0.740. The van der Waals surface area contributed by atoms with E-state index in [1.807, 2.05) is 0 Å². The number of amides is 1. The van der Waals surface area contributed by atoms with Gasteiger partial charge in [-0.1, -0.05) is 0 Å². The summed E-state index contributed by atoms with van der Waals surface area (Å²) in [6.07, 6.45) is 1.40. The highest BCUT2D eigenvalue weighted by Gasteiger charge is 2.24. The molecule has 2 N–H and O–H groups in total. The summed E-state index contributed by atoms with van der Waals surface area (Å²) < 4.78 is 4.92. The molecular weight excluding hydrogens is 274 g/mol. The van der Waals surface area contributed by atoms with Crippen LogP contribution in [0.3, 0.4) is 0 Å². The number of thioether (sulfide) groups is 1. The van der Waals surface area contributed by atoms with Crippen LogP contribution in [0.2, 0.25) is 0 Å². The van der Waals surface area contributed by atoms with E-state index in [9.17, 15) is 14.9 Å². The number of hydrogen-bond acceptors (Lipinski definition) is 7. The summed E-state index contributed by atoms with van der Waals surface area (Å²) >= 11 is 1.08. The smallest absolute Gasteiger partial charge is 0.401 e. The molecule has 1 saturated heterocycles. The van der Waals surface area contributed by atoms with Gasteiger partial charge < -0.3 is 14.8 Å². The maximum atomic E-state index is 11.6. The highest BCUT2D eigenvalue weighted by Crippen LogP contribution is 2.27. The van der Waals surface area contributed by atoms with Crippen molar-refractivity contribution in [3.05, 3.63) is 32.9 Å². The van der Waals surface area contributed by atoms with Crippen LogP contribution in [0, 0.1) is 10.1 Å². The van der Waals surface area contributed by atoms with Gasteiger partial charge in [0.05, 0.1) is 24.1 Å². The number of carbonyl (C=O) groups excluding carboxylic acids is 1. The highest BCUT2D eigenvalue weighted by atomic mass is 32.2. The van der Waals surface area contributed by atoms with Crippen LogP contribution in [0.1, 0.15) is 5.76 Å². The molecule has 0 spiro atoms. The molecule has 19 heavy (non-hydrogen) atoms. The third kappa shape index (κ3) is 3.20. The molecule has 9 heteroatoms. The Morgan fingerprint density at radius 1 is 1.58 bits per heavy atom. The third-order valence-corrected chi connectivity index (χ3v) is 3.02. The Kier molecular flexibility index (Phi) is 3.97. The van der Waals surface area contributed by atoms with Crippen molar-refractivity contribution in [3.63, 3.8) is 0 Å². The fraction of sp³-hybridized carbons (Fsp3) is 0.200. The van der Waals surface area contributed by atoms with Gasteiger partial charge in [-0.15, -0.1) is 0 Å². The summed E-state index contributed by atoms with van der Waals surface area (Å²) in [4.78, 5) is 25.6. The van der Waals surface area contributed by atoms with Crippen molar-refractivity contribution >= 4 is 34.8 Å². The number of rotatable bonds is 4. The molecule has 0 aliphatic carbocycles. The van der Waals surface area contributed by atoms with Crippen LogP contribution < -0.4 is 5.32 Å². The molecule has 1 aliphatic rings. The first kappa shape index (κ1) is 13.3. The molecule has 0 unspecified atom stereocenters. The summed E-state index contributed by atoms with van der Waals surface area (Å²) in [7, 11) is 0. The van der Waals surface area contributed by atoms with Crippen LogP contribution in [0.15, 0.2) is 26.4 Å². The number of aliphatic hydroxyl groups excluding tert-OH is 1. The van der Waals surface area contributed by atoms with Gasteiger partial charge in [-0.05, 0) is 17.8 Å². The van der Waals surface area contributed by atoms with Gasteiger partial charge in [0.1, 0.15) is 10.7 Å². The van der Waals surface area contributed by atoms with E-state index >= 15 is 0 Å². The van der Waals surface area contributed by atoms with Crippen molar-refractivity contribution in [3.8, 4) is 0 Å². The van der Waals surface area contributed by atoms with Gasteiger partial charge in [-0.3, -0.25) is 19.9 Å². The molecule has 0 radical (unpaired) electrons. The predicted molar refractivity (Wildman–Crippen MR) is 68.5 cm³/mol. The molecule has 1 fully saturated rings. The average molecular weight is 283 g/mol. The number of nitro groups is 1. The van der Waals surface area contributed by atoms with Crippen molar-refractivity contribution < 1.29 is 19.2 Å². The molecule has 2 rings (SSSR count). The second-order valence-corrected chi connectivity index (χ2v) is 4.44. The van der Waals surface area contributed by atoms with Crippen LogP contribution in [0.25, 0.3) is 6.08 Å². The second-order valence-electron chi connectivity index (χ2n) is 3.41. The van der Waals surface area contributed by atoms with E-state index in [2.05, 4.69) is 10.3 Å². The fourth-order valence-corrected chi connectivity index (χ4v) is 2.13. The molecule has 1 aliphatic heterocycles. The molecular formula is C10H9N3O5S. The van der Waals surface area contributed by atoms with Gasteiger partial charge in [0, 0.05) is 6.08 Å². The summed E-state index contributed by atoms with van der Waals surface area (Å²) in [5, 5.41) is 22.0. The summed E-state index contributed by atoms with van der Waals surface area (Å²) in [6, 6.07) is 2.62. The van der Waals surface area contributed by atoms with Gasteiger partial charge >= 0.3 is 5.88 Å². The van der Waals surface area contributed by atoms with E-state index in [0.29, 0.717) is 10.1 Å². The van der Waals surface area contributed by atoms with E-state index in [-0.39, 0.29) is 30.7 Å². The molecule has 1 aromatic rings. The summed E-state index contributed by atoms with van der Waals surface area (Å²) in [5.41, 5.74) is 0. The maximum Gasteiger partial charge on any atom is 0.433 e. The molecule has 0 aromatic carbocycles. The Morgan fingerprint density at radius 2 is 2.37 bits per heavy atom. The first-order valence-corrected chi connectivity index (χ1v) is 6.02. The number of carbonyl (C=O) groups is 1. The van der Waals surface area contributed by atoms with Crippen molar-refractivity contribution in [2.24, 2.45) is 4.99 Å². The lowest BCUT2D eigenvalue weighted by Gasteiger charge is -1.91. The number of nitrogens with zero attached hydrogens (tertiary/aromatic N) is 2. The van der Waals surface area contributed by atoms with Crippen molar-refractivity contribution in [1.82, 2.24) is 5.32 Å². The number of hydrogen-bond donors (Lipinski definition) is 2. The SMILES string of the molecule is O=C1NC(=NCCO)S/C1=C\c1ccc([N+](=O)[O-])o1.